The Kier molecular flexibility index (Phi) is 4.86. The van der Waals surface area contributed by atoms with Crippen molar-refractivity contribution in [2.75, 3.05) is 0 Å². The summed E-state index contributed by atoms with van der Waals surface area (Å²) in [6, 6.07) is 14.5. The summed E-state index contributed by atoms with van der Waals surface area (Å²) >= 11 is 0. The normalized spacial score (nSPS) is 17.6. The van der Waals surface area contributed by atoms with Crippen LogP contribution in [0.4, 0.5) is 0 Å². The van der Waals surface area contributed by atoms with E-state index in [0.29, 0.717) is 11.6 Å². The quantitative estimate of drug-likeness (QED) is 0.676. The number of hydrogen-bond donors (Lipinski definition) is 1. The monoisotopic (exact) mass is 410 g/mol. The molecule has 1 heterocycles. The maximum absolute atomic E-state index is 13.7. The Bertz CT molecular complexity index is 1180. The van der Waals surface area contributed by atoms with Crippen LogP contribution in [-0.4, -0.2) is 33.1 Å². The highest BCUT2D eigenvalue weighted by atomic mass is 16.2. The van der Waals surface area contributed by atoms with Gasteiger partial charge >= 0.3 is 0 Å². The number of aromatic amines is 1. The van der Waals surface area contributed by atoms with Gasteiger partial charge in [0.2, 0.25) is 0 Å². The van der Waals surface area contributed by atoms with E-state index < -0.39 is 0 Å². The molecule has 5 nitrogen and oxygen atoms in total. The van der Waals surface area contributed by atoms with Crippen LogP contribution < -0.4 is 0 Å². The number of aromatic nitrogens is 2. The Hall–Kier alpha value is -3.39. The lowest BCUT2D eigenvalue weighted by Crippen LogP contribution is -2.44. The van der Waals surface area contributed by atoms with E-state index in [9.17, 15) is 10.1 Å². The van der Waals surface area contributed by atoms with Gasteiger partial charge in [0, 0.05) is 23.3 Å². The average molecular weight is 411 g/mol. The van der Waals surface area contributed by atoms with Crippen molar-refractivity contribution in [3.8, 4) is 17.2 Å². The molecule has 0 saturated heterocycles. The standard InChI is InChI=1S/C26H26N4O/c1-16-11-19(12-17(2)25(16)23-6-4-3-5-18(23)14-27)26(31)30(21-7-8-21)22-9-10-24-20(13-22)15-28-29-24/h3-6,11-12,15,21-22H,7-10,13H2,1-2H3,(H,28,29). The summed E-state index contributed by atoms with van der Waals surface area (Å²) in [5.74, 6) is 0.130. The number of aryl methyl sites for hydroxylation is 3. The molecule has 2 aliphatic carbocycles. The molecular weight excluding hydrogens is 384 g/mol. The highest BCUT2D eigenvalue weighted by Gasteiger charge is 2.39. The number of fused-ring (bicyclic) bond motifs is 1. The molecule has 1 fully saturated rings. The number of hydrogen-bond acceptors (Lipinski definition) is 3. The zero-order valence-electron chi connectivity index (χ0n) is 18.0. The van der Waals surface area contributed by atoms with E-state index in [1.165, 1.54) is 11.3 Å². The van der Waals surface area contributed by atoms with Gasteiger partial charge in [0.1, 0.15) is 0 Å². The second-order valence-corrected chi connectivity index (χ2v) is 8.86. The second kappa shape index (κ2) is 7.70. The highest BCUT2D eigenvalue weighted by molar-refractivity contribution is 5.96. The molecule has 2 aliphatic rings. The van der Waals surface area contributed by atoms with Crippen LogP contribution in [0, 0.1) is 25.2 Å². The lowest BCUT2D eigenvalue weighted by molar-refractivity contribution is 0.0642. The number of amides is 1. The molecule has 1 N–H and O–H groups in total. The summed E-state index contributed by atoms with van der Waals surface area (Å²) in [4.78, 5) is 15.8. The van der Waals surface area contributed by atoms with E-state index in [1.807, 2.05) is 56.4 Å². The molecule has 1 unspecified atom stereocenters. The Balaban J connectivity index is 1.48. The first kappa shape index (κ1) is 19.6. The molecule has 3 aromatic rings. The van der Waals surface area contributed by atoms with Crippen LogP contribution in [0.5, 0.6) is 0 Å². The average Bonchev–Trinajstić information content (AvgIpc) is 3.49. The van der Waals surface area contributed by atoms with Crippen LogP contribution in [0.1, 0.15) is 57.6 Å². The summed E-state index contributed by atoms with van der Waals surface area (Å²) in [6.45, 7) is 4.07. The van der Waals surface area contributed by atoms with Gasteiger partial charge in [-0.25, -0.2) is 0 Å². The van der Waals surface area contributed by atoms with Crippen molar-refractivity contribution < 1.29 is 4.79 Å². The molecule has 2 aromatic carbocycles. The van der Waals surface area contributed by atoms with E-state index in [2.05, 4.69) is 21.2 Å². The maximum Gasteiger partial charge on any atom is 0.254 e. The molecule has 0 radical (unpaired) electrons. The fraction of sp³-hybridized carbons (Fsp3) is 0.346. The molecule has 0 aliphatic heterocycles. The van der Waals surface area contributed by atoms with Crippen molar-refractivity contribution in [3.63, 3.8) is 0 Å². The molecule has 156 valence electrons. The third-order valence-corrected chi connectivity index (χ3v) is 6.66. The number of nitriles is 1. The van der Waals surface area contributed by atoms with E-state index in [0.717, 1.165) is 59.9 Å². The zero-order valence-corrected chi connectivity index (χ0v) is 18.0. The highest BCUT2D eigenvalue weighted by Crippen LogP contribution is 2.36. The number of rotatable bonds is 4. The first-order valence-electron chi connectivity index (χ1n) is 11.0. The largest absolute Gasteiger partial charge is 0.332 e. The molecule has 5 heteroatoms. The number of benzene rings is 2. The van der Waals surface area contributed by atoms with Gasteiger partial charge in [-0.2, -0.15) is 10.4 Å². The number of carbonyl (C=O) groups excluding carboxylic acids is 1. The van der Waals surface area contributed by atoms with E-state index >= 15 is 0 Å². The van der Waals surface area contributed by atoms with Gasteiger partial charge in [0.25, 0.3) is 5.91 Å². The Morgan fingerprint density at radius 1 is 1.13 bits per heavy atom. The molecule has 1 aromatic heterocycles. The van der Waals surface area contributed by atoms with Crippen LogP contribution in [0.3, 0.4) is 0 Å². The summed E-state index contributed by atoms with van der Waals surface area (Å²) in [6.07, 6.45) is 6.88. The molecule has 1 saturated carbocycles. The van der Waals surface area contributed by atoms with Crippen LogP contribution in [-0.2, 0) is 12.8 Å². The lowest BCUT2D eigenvalue weighted by Gasteiger charge is -2.34. The van der Waals surface area contributed by atoms with E-state index in [-0.39, 0.29) is 11.9 Å². The zero-order chi connectivity index (χ0) is 21.5. The molecule has 0 spiro atoms. The van der Waals surface area contributed by atoms with Gasteiger partial charge in [-0.15, -0.1) is 0 Å². The Morgan fingerprint density at radius 2 is 1.87 bits per heavy atom. The van der Waals surface area contributed by atoms with Crippen LogP contribution in [0.25, 0.3) is 11.1 Å². The predicted octanol–water partition coefficient (Wildman–Crippen LogP) is 4.73. The maximum atomic E-state index is 13.7. The molecular formula is C26H26N4O. The van der Waals surface area contributed by atoms with Gasteiger partial charge in [0.05, 0.1) is 17.8 Å². The first-order chi connectivity index (χ1) is 15.1. The predicted molar refractivity (Wildman–Crippen MR) is 120 cm³/mol. The first-order valence-corrected chi connectivity index (χ1v) is 11.0. The smallest absolute Gasteiger partial charge is 0.254 e. The van der Waals surface area contributed by atoms with Gasteiger partial charge in [0.15, 0.2) is 0 Å². The molecule has 0 bridgehead atoms. The number of H-pyrrole nitrogens is 1. The number of nitrogens with zero attached hydrogens (tertiary/aromatic N) is 3. The van der Waals surface area contributed by atoms with Crippen LogP contribution >= 0.6 is 0 Å². The third-order valence-electron chi connectivity index (χ3n) is 6.66. The van der Waals surface area contributed by atoms with Crippen molar-refractivity contribution in [1.82, 2.24) is 15.1 Å². The van der Waals surface area contributed by atoms with E-state index in [1.54, 1.807) is 0 Å². The summed E-state index contributed by atoms with van der Waals surface area (Å²) in [5, 5.41) is 16.8. The fourth-order valence-corrected chi connectivity index (χ4v) is 5.08. The van der Waals surface area contributed by atoms with Gasteiger partial charge in [-0.3, -0.25) is 9.89 Å². The lowest BCUT2D eigenvalue weighted by atomic mass is 9.89. The molecule has 1 atom stereocenters. The SMILES string of the molecule is Cc1cc(C(=O)N(C2CC2)C2CCc3[nH]ncc3C2)cc(C)c1-c1ccccc1C#N. The van der Waals surface area contributed by atoms with Gasteiger partial charge < -0.3 is 4.90 Å². The van der Waals surface area contributed by atoms with Crippen molar-refractivity contribution >= 4 is 5.91 Å². The molecule has 5 rings (SSSR count). The minimum Gasteiger partial charge on any atom is -0.332 e. The van der Waals surface area contributed by atoms with Crippen molar-refractivity contribution in [1.29, 1.82) is 5.26 Å². The summed E-state index contributed by atoms with van der Waals surface area (Å²) < 4.78 is 0. The molecule has 31 heavy (non-hydrogen) atoms. The third kappa shape index (κ3) is 3.53. The van der Waals surface area contributed by atoms with Gasteiger partial charge in [-0.1, -0.05) is 18.2 Å². The van der Waals surface area contributed by atoms with Crippen molar-refractivity contribution in [2.45, 2.75) is 58.0 Å². The minimum atomic E-state index is 0.130. The number of carbonyl (C=O) groups is 1. The number of nitrogens with one attached hydrogen (secondary N) is 1. The van der Waals surface area contributed by atoms with Gasteiger partial charge in [-0.05, 0) is 92.0 Å². The van der Waals surface area contributed by atoms with Crippen molar-refractivity contribution in [2.24, 2.45) is 0 Å². The van der Waals surface area contributed by atoms with Crippen LogP contribution in [0.2, 0.25) is 0 Å². The van der Waals surface area contributed by atoms with E-state index in [4.69, 9.17) is 0 Å². The summed E-state index contributed by atoms with van der Waals surface area (Å²) in [5.41, 5.74) is 7.90. The fourth-order valence-electron chi connectivity index (χ4n) is 5.08. The van der Waals surface area contributed by atoms with Crippen molar-refractivity contribution in [3.05, 3.63) is 76.1 Å². The minimum absolute atomic E-state index is 0.130. The molecule has 1 amide bonds. The Morgan fingerprint density at radius 3 is 2.58 bits per heavy atom. The van der Waals surface area contributed by atoms with Crippen LogP contribution in [0.15, 0.2) is 42.6 Å². The Labute approximate surface area is 182 Å². The second-order valence-electron chi connectivity index (χ2n) is 8.86. The summed E-state index contributed by atoms with van der Waals surface area (Å²) in [7, 11) is 0. The topological polar surface area (TPSA) is 72.8 Å².